The number of amides is 1. The smallest absolute Gasteiger partial charge is 0.320 e. The van der Waals surface area contributed by atoms with E-state index in [9.17, 15) is 14.4 Å². The van der Waals surface area contributed by atoms with Gasteiger partial charge in [-0.25, -0.2) is 4.79 Å². The fraction of sp³-hybridized carbons (Fsp3) is 0. The van der Waals surface area contributed by atoms with Crippen LogP contribution < -0.4 is 16.6 Å². The van der Waals surface area contributed by atoms with Crippen molar-refractivity contribution in [2.45, 2.75) is 0 Å². The molecular formula is C22H15N5O3. The van der Waals surface area contributed by atoms with Crippen molar-refractivity contribution < 1.29 is 4.79 Å². The molecule has 146 valence electrons. The first kappa shape index (κ1) is 17.6. The lowest BCUT2D eigenvalue weighted by atomic mass is 10.1. The van der Waals surface area contributed by atoms with E-state index in [1.807, 2.05) is 6.07 Å². The number of anilines is 1. The fourth-order valence-corrected chi connectivity index (χ4v) is 3.40. The number of aromatic amines is 2. The minimum absolute atomic E-state index is 0.122. The quantitative estimate of drug-likeness (QED) is 0.434. The highest BCUT2D eigenvalue weighted by Gasteiger charge is 2.18. The molecule has 0 saturated heterocycles. The number of fused-ring (bicyclic) bond motifs is 2. The molecule has 0 spiro atoms. The maximum Gasteiger partial charge on any atom is 0.323 e. The van der Waals surface area contributed by atoms with E-state index in [1.54, 1.807) is 66.7 Å². The maximum absolute atomic E-state index is 13.1. The lowest BCUT2D eigenvalue weighted by Gasteiger charge is -2.11. The van der Waals surface area contributed by atoms with E-state index in [1.165, 1.54) is 4.68 Å². The van der Waals surface area contributed by atoms with Crippen LogP contribution in [0, 0.1) is 0 Å². The summed E-state index contributed by atoms with van der Waals surface area (Å²) < 4.78 is 1.23. The summed E-state index contributed by atoms with van der Waals surface area (Å²) in [4.78, 5) is 42.8. The average molecular weight is 397 g/mol. The van der Waals surface area contributed by atoms with E-state index in [0.717, 1.165) is 0 Å². The highest BCUT2D eigenvalue weighted by Crippen LogP contribution is 2.19. The van der Waals surface area contributed by atoms with Gasteiger partial charge in [0, 0.05) is 11.1 Å². The van der Waals surface area contributed by atoms with Gasteiger partial charge < -0.3 is 15.3 Å². The normalized spacial score (nSPS) is 11.1. The van der Waals surface area contributed by atoms with E-state index in [4.69, 9.17) is 0 Å². The molecule has 2 heterocycles. The Morgan fingerprint density at radius 1 is 0.833 bits per heavy atom. The van der Waals surface area contributed by atoms with Crippen LogP contribution in [0.5, 0.6) is 0 Å². The van der Waals surface area contributed by atoms with Crippen molar-refractivity contribution in [1.29, 1.82) is 0 Å². The Hall–Kier alpha value is -4.46. The van der Waals surface area contributed by atoms with Gasteiger partial charge in [-0.05, 0) is 36.4 Å². The Bertz CT molecular complexity index is 1530. The summed E-state index contributed by atoms with van der Waals surface area (Å²) in [6, 6.07) is 20.8. The third kappa shape index (κ3) is 2.96. The standard InChI is InChI=1S/C22H15N5O3/c28-20(23-13-10-11-17-18(12-13)25-22(30)24-17)19-15-8-4-5-9-16(15)21(29)27(26-19)14-6-2-1-3-7-14/h1-12H,(H,23,28)(H2,24,25,30). The van der Waals surface area contributed by atoms with Gasteiger partial charge in [-0.15, -0.1) is 0 Å². The van der Waals surface area contributed by atoms with E-state index in [0.29, 0.717) is 33.2 Å². The van der Waals surface area contributed by atoms with Gasteiger partial charge >= 0.3 is 5.69 Å². The molecule has 8 nitrogen and oxygen atoms in total. The molecule has 5 aromatic rings. The number of carbonyl (C=O) groups is 1. The number of nitrogens with one attached hydrogen (secondary N) is 3. The minimum Gasteiger partial charge on any atom is -0.320 e. The SMILES string of the molecule is O=C(Nc1ccc2[nH]c(=O)[nH]c2c1)c1nn(-c2ccccc2)c(=O)c2ccccc12. The number of hydrogen-bond acceptors (Lipinski definition) is 4. The third-order valence-corrected chi connectivity index (χ3v) is 4.79. The first-order valence-corrected chi connectivity index (χ1v) is 9.21. The Morgan fingerprint density at radius 3 is 2.33 bits per heavy atom. The molecule has 5 rings (SSSR count). The zero-order chi connectivity index (χ0) is 20.7. The molecule has 0 atom stereocenters. The third-order valence-electron chi connectivity index (χ3n) is 4.79. The first-order valence-electron chi connectivity index (χ1n) is 9.21. The molecule has 0 aliphatic carbocycles. The average Bonchev–Trinajstić information content (AvgIpc) is 3.14. The summed E-state index contributed by atoms with van der Waals surface area (Å²) in [5.41, 5.74) is 1.76. The van der Waals surface area contributed by atoms with Crippen molar-refractivity contribution in [3.05, 3.63) is 99.3 Å². The van der Waals surface area contributed by atoms with E-state index >= 15 is 0 Å². The lowest BCUT2D eigenvalue weighted by molar-refractivity contribution is 0.102. The largest absolute Gasteiger partial charge is 0.323 e. The molecule has 0 fully saturated rings. The van der Waals surface area contributed by atoms with Crippen LogP contribution in [0.4, 0.5) is 5.69 Å². The van der Waals surface area contributed by atoms with Crippen LogP contribution in [-0.4, -0.2) is 25.7 Å². The van der Waals surface area contributed by atoms with Gasteiger partial charge in [0.15, 0.2) is 5.69 Å². The molecule has 0 bridgehead atoms. The number of imidazole rings is 1. The number of rotatable bonds is 3. The molecule has 0 radical (unpaired) electrons. The van der Waals surface area contributed by atoms with Crippen LogP contribution in [0.15, 0.2) is 82.4 Å². The molecule has 8 heteroatoms. The van der Waals surface area contributed by atoms with Crippen molar-refractivity contribution in [1.82, 2.24) is 19.7 Å². The zero-order valence-corrected chi connectivity index (χ0v) is 15.5. The summed E-state index contributed by atoms with van der Waals surface area (Å²) >= 11 is 0. The predicted molar refractivity (Wildman–Crippen MR) is 114 cm³/mol. The van der Waals surface area contributed by atoms with Crippen LogP contribution >= 0.6 is 0 Å². The molecule has 0 aliphatic heterocycles. The van der Waals surface area contributed by atoms with E-state index in [-0.39, 0.29) is 16.9 Å². The summed E-state index contributed by atoms with van der Waals surface area (Å²) in [5, 5.41) is 8.02. The predicted octanol–water partition coefficient (Wildman–Crippen LogP) is 2.81. The highest BCUT2D eigenvalue weighted by atomic mass is 16.2. The van der Waals surface area contributed by atoms with Crippen molar-refractivity contribution >= 4 is 33.4 Å². The van der Waals surface area contributed by atoms with E-state index in [2.05, 4.69) is 20.4 Å². The van der Waals surface area contributed by atoms with Crippen molar-refractivity contribution in [2.75, 3.05) is 5.32 Å². The summed E-state index contributed by atoms with van der Waals surface area (Å²) in [5.74, 6) is -0.465. The van der Waals surface area contributed by atoms with Gasteiger partial charge in [0.1, 0.15) is 0 Å². The Balaban J connectivity index is 1.63. The summed E-state index contributed by atoms with van der Waals surface area (Å²) in [7, 11) is 0. The monoisotopic (exact) mass is 397 g/mol. The lowest BCUT2D eigenvalue weighted by Crippen LogP contribution is -2.26. The molecule has 0 unspecified atom stereocenters. The Labute approximate surface area is 168 Å². The van der Waals surface area contributed by atoms with Gasteiger partial charge in [0.05, 0.1) is 22.1 Å². The van der Waals surface area contributed by atoms with Crippen LogP contribution in [-0.2, 0) is 0 Å². The Kier molecular flexibility index (Phi) is 4.03. The number of H-pyrrole nitrogens is 2. The molecule has 3 N–H and O–H groups in total. The fourth-order valence-electron chi connectivity index (χ4n) is 3.40. The molecule has 30 heavy (non-hydrogen) atoms. The number of nitrogens with zero attached hydrogens (tertiary/aromatic N) is 2. The van der Waals surface area contributed by atoms with Crippen LogP contribution in [0.1, 0.15) is 10.5 Å². The summed E-state index contributed by atoms with van der Waals surface area (Å²) in [6.07, 6.45) is 0. The molecule has 0 aliphatic rings. The minimum atomic E-state index is -0.465. The molecule has 2 aromatic heterocycles. The second-order valence-electron chi connectivity index (χ2n) is 6.74. The van der Waals surface area contributed by atoms with Crippen molar-refractivity contribution in [3.63, 3.8) is 0 Å². The first-order chi connectivity index (χ1) is 14.6. The second-order valence-corrected chi connectivity index (χ2v) is 6.74. The number of para-hydroxylation sites is 1. The molecule has 0 saturated carbocycles. The van der Waals surface area contributed by atoms with Crippen LogP contribution in [0.25, 0.3) is 27.5 Å². The molecular weight excluding hydrogens is 382 g/mol. The van der Waals surface area contributed by atoms with E-state index < -0.39 is 5.91 Å². The molecule has 3 aromatic carbocycles. The van der Waals surface area contributed by atoms with Gasteiger partial charge in [-0.2, -0.15) is 9.78 Å². The topological polar surface area (TPSA) is 113 Å². The van der Waals surface area contributed by atoms with Gasteiger partial charge in [-0.3, -0.25) is 9.59 Å². The number of hydrogen-bond donors (Lipinski definition) is 3. The molecule has 1 amide bonds. The maximum atomic E-state index is 13.1. The van der Waals surface area contributed by atoms with Gasteiger partial charge in [0.25, 0.3) is 11.5 Å². The highest BCUT2D eigenvalue weighted by molar-refractivity contribution is 6.11. The number of aromatic nitrogens is 4. The van der Waals surface area contributed by atoms with Crippen LogP contribution in [0.3, 0.4) is 0 Å². The second kappa shape index (κ2) is 6.85. The van der Waals surface area contributed by atoms with Gasteiger partial charge in [0.2, 0.25) is 0 Å². The van der Waals surface area contributed by atoms with Crippen molar-refractivity contribution in [2.24, 2.45) is 0 Å². The zero-order valence-electron chi connectivity index (χ0n) is 15.5. The van der Waals surface area contributed by atoms with Crippen LogP contribution in [0.2, 0.25) is 0 Å². The van der Waals surface area contributed by atoms with Gasteiger partial charge in [-0.1, -0.05) is 36.4 Å². The summed E-state index contributed by atoms with van der Waals surface area (Å²) in [6.45, 7) is 0. The number of benzene rings is 3. The Morgan fingerprint density at radius 2 is 1.53 bits per heavy atom. The number of carbonyl (C=O) groups excluding carboxylic acids is 1. The van der Waals surface area contributed by atoms with Crippen molar-refractivity contribution in [3.8, 4) is 5.69 Å².